The van der Waals surface area contributed by atoms with E-state index in [0.29, 0.717) is 16.5 Å². The molecule has 0 aliphatic carbocycles. The van der Waals surface area contributed by atoms with Crippen LogP contribution < -0.4 is 15.0 Å². The van der Waals surface area contributed by atoms with Crippen molar-refractivity contribution < 1.29 is 9.53 Å². The Bertz CT molecular complexity index is 762. The third-order valence-corrected chi connectivity index (χ3v) is 5.02. The number of halogens is 2. The zero-order valence-electron chi connectivity index (χ0n) is 14.5. The van der Waals surface area contributed by atoms with E-state index >= 15 is 0 Å². The average Bonchev–Trinajstić information content (AvgIpc) is 2.62. The molecule has 26 heavy (non-hydrogen) atoms. The molecular weight excluding hydrogens is 418 g/mol. The SMILES string of the molecule is CN1CCN(c2ccc(Cl)cc2NC(=O)COc2ccc(Br)cc2)CC1. The van der Waals surface area contributed by atoms with Crippen molar-refractivity contribution >= 4 is 44.8 Å². The van der Waals surface area contributed by atoms with E-state index in [-0.39, 0.29) is 12.5 Å². The van der Waals surface area contributed by atoms with Gasteiger partial charge in [0.2, 0.25) is 0 Å². The molecule has 1 aliphatic heterocycles. The largest absolute Gasteiger partial charge is 0.484 e. The molecule has 5 nitrogen and oxygen atoms in total. The summed E-state index contributed by atoms with van der Waals surface area (Å²) in [6, 6.07) is 13.0. The molecule has 0 spiro atoms. The van der Waals surface area contributed by atoms with Crippen LogP contribution in [0.4, 0.5) is 11.4 Å². The van der Waals surface area contributed by atoms with Gasteiger partial charge in [-0.25, -0.2) is 0 Å². The van der Waals surface area contributed by atoms with Crippen LogP contribution in [0, 0.1) is 0 Å². The number of likely N-dealkylation sites (N-methyl/N-ethyl adjacent to an activating group) is 1. The number of hydrogen-bond acceptors (Lipinski definition) is 4. The Balaban J connectivity index is 1.65. The van der Waals surface area contributed by atoms with Crippen LogP contribution in [0.15, 0.2) is 46.9 Å². The van der Waals surface area contributed by atoms with Crippen LogP contribution in [0.2, 0.25) is 5.02 Å². The molecule has 1 amide bonds. The summed E-state index contributed by atoms with van der Waals surface area (Å²) < 4.78 is 6.50. The van der Waals surface area contributed by atoms with Crippen molar-refractivity contribution in [3.63, 3.8) is 0 Å². The maximum absolute atomic E-state index is 12.3. The number of anilines is 2. The van der Waals surface area contributed by atoms with Crippen molar-refractivity contribution in [2.75, 3.05) is 50.1 Å². The van der Waals surface area contributed by atoms with Gasteiger partial charge >= 0.3 is 0 Å². The number of ether oxygens (including phenoxy) is 1. The molecule has 0 unspecified atom stereocenters. The van der Waals surface area contributed by atoms with Crippen molar-refractivity contribution in [3.05, 3.63) is 52.0 Å². The second kappa shape index (κ2) is 8.75. The standard InChI is InChI=1S/C19H21BrClN3O2/c1-23-8-10-24(11-9-23)18-7-4-15(21)12-17(18)22-19(25)13-26-16-5-2-14(20)3-6-16/h2-7,12H,8-11,13H2,1H3,(H,22,25). The Morgan fingerprint density at radius 2 is 1.85 bits per heavy atom. The number of nitrogens with zero attached hydrogens (tertiary/aromatic N) is 2. The van der Waals surface area contributed by atoms with E-state index in [1.54, 1.807) is 6.07 Å². The number of carbonyl (C=O) groups excluding carboxylic acids is 1. The average molecular weight is 439 g/mol. The van der Waals surface area contributed by atoms with E-state index in [0.717, 1.165) is 36.3 Å². The van der Waals surface area contributed by atoms with Crippen LogP contribution in [0.3, 0.4) is 0 Å². The van der Waals surface area contributed by atoms with Gasteiger partial charge in [0.25, 0.3) is 5.91 Å². The minimum absolute atomic E-state index is 0.0592. The molecule has 0 saturated carbocycles. The van der Waals surface area contributed by atoms with Crippen LogP contribution in [0.1, 0.15) is 0 Å². The summed E-state index contributed by atoms with van der Waals surface area (Å²) in [4.78, 5) is 16.9. The molecule has 7 heteroatoms. The molecule has 0 bridgehead atoms. The molecule has 2 aromatic rings. The summed E-state index contributed by atoms with van der Waals surface area (Å²) in [6.07, 6.45) is 0. The predicted octanol–water partition coefficient (Wildman–Crippen LogP) is 3.87. The summed E-state index contributed by atoms with van der Waals surface area (Å²) in [6.45, 7) is 3.74. The number of amides is 1. The molecule has 1 fully saturated rings. The normalized spacial score (nSPS) is 15.0. The lowest BCUT2D eigenvalue weighted by Gasteiger charge is -2.35. The topological polar surface area (TPSA) is 44.8 Å². The molecule has 0 atom stereocenters. The van der Waals surface area contributed by atoms with E-state index in [1.807, 2.05) is 36.4 Å². The fourth-order valence-corrected chi connectivity index (χ4v) is 3.23. The number of rotatable bonds is 5. The number of nitrogens with one attached hydrogen (secondary N) is 1. The van der Waals surface area contributed by atoms with Crippen molar-refractivity contribution in [2.45, 2.75) is 0 Å². The smallest absolute Gasteiger partial charge is 0.262 e. The quantitative estimate of drug-likeness (QED) is 0.770. The highest BCUT2D eigenvalue weighted by Crippen LogP contribution is 2.30. The summed E-state index contributed by atoms with van der Waals surface area (Å²) in [5, 5.41) is 3.52. The molecule has 1 heterocycles. The van der Waals surface area contributed by atoms with Crippen LogP contribution in [0.25, 0.3) is 0 Å². The highest BCUT2D eigenvalue weighted by Gasteiger charge is 2.18. The van der Waals surface area contributed by atoms with E-state index in [4.69, 9.17) is 16.3 Å². The molecule has 0 aromatic heterocycles. The number of hydrogen-bond donors (Lipinski definition) is 1. The lowest BCUT2D eigenvalue weighted by molar-refractivity contribution is -0.118. The first-order chi connectivity index (χ1) is 12.5. The minimum atomic E-state index is -0.217. The highest BCUT2D eigenvalue weighted by atomic mass is 79.9. The fraction of sp³-hybridized carbons (Fsp3) is 0.316. The molecule has 3 rings (SSSR count). The molecule has 1 N–H and O–H groups in total. The van der Waals surface area contributed by atoms with E-state index in [2.05, 4.69) is 38.1 Å². The third-order valence-electron chi connectivity index (χ3n) is 4.26. The predicted molar refractivity (Wildman–Crippen MR) is 109 cm³/mol. The van der Waals surface area contributed by atoms with Gasteiger partial charge in [-0.05, 0) is 49.5 Å². The van der Waals surface area contributed by atoms with Gasteiger partial charge in [0.05, 0.1) is 11.4 Å². The van der Waals surface area contributed by atoms with Gasteiger partial charge in [-0.15, -0.1) is 0 Å². The Morgan fingerprint density at radius 1 is 1.15 bits per heavy atom. The van der Waals surface area contributed by atoms with E-state index in [9.17, 15) is 4.79 Å². The second-order valence-corrected chi connectivity index (χ2v) is 7.59. The number of benzene rings is 2. The Kier molecular flexibility index (Phi) is 6.40. The first kappa shape index (κ1) is 19.0. The van der Waals surface area contributed by atoms with Crippen LogP contribution >= 0.6 is 27.5 Å². The first-order valence-corrected chi connectivity index (χ1v) is 9.59. The third kappa shape index (κ3) is 5.13. The zero-order valence-corrected chi connectivity index (χ0v) is 16.9. The molecule has 1 saturated heterocycles. The van der Waals surface area contributed by atoms with Gasteiger partial charge in [0, 0.05) is 35.7 Å². The van der Waals surface area contributed by atoms with E-state index in [1.165, 1.54) is 0 Å². The maximum Gasteiger partial charge on any atom is 0.262 e. The molecule has 1 aliphatic rings. The molecule has 138 valence electrons. The molecule has 0 radical (unpaired) electrons. The van der Waals surface area contributed by atoms with Crippen molar-refractivity contribution in [1.82, 2.24) is 4.90 Å². The molecular formula is C19H21BrClN3O2. The Labute approximate surface area is 167 Å². The second-order valence-electron chi connectivity index (χ2n) is 6.24. The zero-order chi connectivity index (χ0) is 18.5. The van der Waals surface area contributed by atoms with Gasteiger partial charge in [-0.2, -0.15) is 0 Å². The summed E-state index contributed by atoms with van der Waals surface area (Å²) >= 11 is 9.51. The van der Waals surface area contributed by atoms with Crippen LogP contribution in [-0.2, 0) is 4.79 Å². The summed E-state index contributed by atoms with van der Waals surface area (Å²) in [5.74, 6) is 0.430. The number of carbonyl (C=O) groups is 1. The first-order valence-electron chi connectivity index (χ1n) is 8.42. The monoisotopic (exact) mass is 437 g/mol. The Morgan fingerprint density at radius 3 is 2.54 bits per heavy atom. The minimum Gasteiger partial charge on any atom is -0.484 e. The molecule has 2 aromatic carbocycles. The van der Waals surface area contributed by atoms with Gasteiger partial charge in [0.1, 0.15) is 5.75 Å². The van der Waals surface area contributed by atoms with Crippen molar-refractivity contribution in [1.29, 1.82) is 0 Å². The van der Waals surface area contributed by atoms with Crippen LogP contribution in [0.5, 0.6) is 5.75 Å². The van der Waals surface area contributed by atoms with E-state index < -0.39 is 0 Å². The van der Waals surface area contributed by atoms with Gasteiger partial charge < -0.3 is 19.9 Å². The fourth-order valence-electron chi connectivity index (χ4n) is 2.80. The lowest BCUT2D eigenvalue weighted by Crippen LogP contribution is -2.44. The lowest BCUT2D eigenvalue weighted by atomic mass is 10.2. The Hall–Kier alpha value is -1.76. The van der Waals surface area contributed by atoms with Crippen LogP contribution in [-0.4, -0.2) is 50.6 Å². The van der Waals surface area contributed by atoms with Crippen molar-refractivity contribution in [3.8, 4) is 5.75 Å². The summed E-state index contributed by atoms with van der Waals surface area (Å²) in [5.41, 5.74) is 1.70. The van der Waals surface area contributed by atoms with Gasteiger partial charge in [-0.3, -0.25) is 4.79 Å². The highest BCUT2D eigenvalue weighted by molar-refractivity contribution is 9.10. The van der Waals surface area contributed by atoms with Gasteiger partial charge in [-0.1, -0.05) is 27.5 Å². The maximum atomic E-state index is 12.3. The summed E-state index contributed by atoms with van der Waals surface area (Å²) in [7, 11) is 2.11. The number of piperazine rings is 1. The van der Waals surface area contributed by atoms with Gasteiger partial charge in [0.15, 0.2) is 6.61 Å². The van der Waals surface area contributed by atoms with Crippen molar-refractivity contribution in [2.24, 2.45) is 0 Å².